The predicted octanol–water partition coefficient (Wildman–Crippen LogP) is 2.82. The number of carbonyl (C=O) groups excluding carboxylic acids is 1. The summed E-state index contributed by atoms with van der Waals surface area (Å²) in [6.07, 6.45) is 0.270. The van der Waals surface area contributed by atoms with Crippen LogP contribution in [0.2, 0.25) is 0 Å². The van der Waals surface area contributed by atoms with E-state index in [1.165, 1.54) is 0 Å². The maximum atomic E-state index is 12.6. The number of carbonyl (C=O) groups is 1. The molecule has 1 N–H and O–H groups in total. The molecule has 1 unspecified atom stereocenters. The molecule has 1 aliphatic heterocycles. The van der Waals surface area contributed by atoms with E-state index in [2.05, 4.69) is 10.4 Å². The molecule has 0 saturated heterocycles. The Kier molecular flexibility index (Phi) is 4.77. The highest BCUT2D eigenvalue weighted by atomic mass is 32.2. The summed E-state index contributed by atoms with van der Waals surface area (Å²) < 4.78 is 18.9. The molecule has 3 aromatic rings. The number of nitrogens with one attached hydrogen (secondary N) is 1. The first-order valence-electron chi connectivity index (χ1n) is 8.58. The zero-order chi connectivity index (χ0) is 18.8. The van der Waals surface area contributed by atoms with Gasteiger partial charge in [0.1, 0.15) is 11.6 Å². The van der Waals surface area contributed by atoms with Crippen molar-refractivity contribution in [3.05, 3.63) is 71.4 Å². The van der Waals surface area contributed by atoms with E-state index in [0.29, 0.717) is 17.3 Å². The Bertz CT molecular complexity index is 997. The van der Waals surface area contributed by atoms with Crippen molar-refractivity contribution in [3.8, 4) is 11.4 Å². The lowest BCUT2D eigenvalue weighted by atomic mass is 10.1. The van der Waals surface area contributed by atoms with E-state index in [1.807, 2.05) is 54.6 Å². The van der Waals surface area contributed by atoms with Gasteiger partial charge in [0, 0.05) is 16.4 Å². The third-order valence-electron chi connectivity index (χ3n) is 4.45. The van der Waals surface area contributed by atoms with E-state index in [9.17, 15) is 9.00 Å². The van der Waals surface area contributed by atoms with Crippen LogP contribution < -0.4 is 10.1 Å². The van der Waals surface area contributed by atoms with Crippen LogP contribution in [0.4, 0.5) is 5.82 Å². The number of aromatic nitrogens is 2. The van der Waals surface area contributed by atoms with Crippen molar-refractivity contribution in [3.63, 3.8) is 0 Å². The molecule has 0 radical (unpaired) electrons. The molecule has 1 atom stereocenters. The maximum Gasteiger partial charge on any atom is 0.229 e. The summed E-state index contributed by atoms with van der Waals surface area (Å²) >= 11 is 0. The second-order valence-electron chi connectivity index (χ2n) is 6.32. The van der Waals surface area contributed by atoms with Crippen LogP contribution in [0.3, 0.4) is 0 Å². The average molecular weight is 381 g/mol. The van der Waals surface area contributed by atoms with Gasteiger partial charge in [-0.2, -0.15) is 5.10 Å². The Balaban J connectivity index is 1.65. The highest BCUT2D eigenvalue weighted by molar-refractivity contribution is 7.83. The number of methoxy groups -OCH3 is 1. The Labute approximate surface area is 159 Å². The lowest BCUT2D eigenvalue weighted by Gasteiger charge is -2.11. The molecular formula is C20H19N3O3S. The largest absolute Gasteiger partial charge is 0.497 e. The van der Waals surface area contributed by atoms with E-state index in [-0.39, 0.29) is 12.3 Å². The van der Waals surface area contributed by atoms with E-state index in [0.717, 1.165) is 28.3 Å². The molecule has 1 aliphatic rings. The van der Waals surface area contributed by atoms with Crippen LogP contribution >= 0.6 is 0 Å². The molecule has 0 fully saturated rings. The molecule has 0 aliphatic carbocycles. The predicted molar refractivity (Wildman–Crippen MR) is 104 cm³/mol. The van der Waals surface area contributed by atoms with Gasteiger partial charge >= 0.3 is 0 Å². The topological polar surface area (TPSA) is 73.2 Å². The van der Waals surface area contributed by atoms with E-state index < -0.39 is 10.8 Å². The normalized spacial score (nSPS) is 15.4. The fourth-order valence-corrected chi connectivity index (χ4v) is 4.39. The molecule has 7 heteroatoms. The van der Waals surface area contributed by atoms with Crippen LogP contribution in [-0.4, -0.2) is 27.0 Å². The van der Waals surface area contributed by atoms with Crippen molar-refractivity contribution in [1.82, 2.24) is 9.78 Å². The highest BCUT2D eigenvalue weighted by Gasteiger charge is 2.28. The van der Waals surface area contributed by atoms with Gasteiger partial charge in [0.25, 0.3) is 0 Å². The molecule has 1 amide bonds. The minimum absolute atomic E-state index is 0.128. The summed E-state index contributed by atoms with van der Waals surface area (Å²) in [5.41, 5.74) is 3.38. The molecule has 0 bridgehead atoms. The van der Waals surface area contributed by atoms with Gasteiger partial charge in [0.15, 0.2) is 0 Å². The first-order valence-corrected chi connectivity index (χ1v) is 10.1. The second kappa shape index (κ2) is 7.36. The summed E-state index contributed by atoms with van der Waals surface area (Å²) in [6, 6.07) is 17.0. The number of ether oxygens (including phenoxy) is 1. The smallest absolute Gasteiger partial charge is 0.229 e. The van der Waals surface area contributed by atoms with Crippen molar-refractivity contribution in [2.24, 2.45) is 0 Å². The standard InChI is InChI=1S/C20H19N3O3S/c1-26-16-9-7-15(8-10-16)23-20(17-12-27(25)13-18(17)22-23)21-19(24)11-14-5-3-2-4-6-14/h2-10H,11-13H2,1H3,(H,21,24). The number of hydrogen-bond acceptors (Lipinski definition) is 4. The van der Waals surface area contributed by atoms with Gasteiger partial charge in [-0.25, -0.2) is 4.68 Å². The fourth-order valence-electron chi connectivity index (χ4n) is 3.12. The lowest BCUT2D eigenvalue weighted by Crippen LogP contribution is -2.18. The number of rotatable bonds is 5. The molecule has 27 heavy (non-hydrogen) atoms. The summed E-state index contributed by atoms with van der Waals surface area (Å²) in [6.45, 7) is 0. The lowest BCUT2D eigenvalue weighted by molar-refractivity contribution is -0.115. The van der Waals surface area contributed by atoms with Gasteiger partial charge in [-0.15, -0.1) is 0 Å². The van der Waals surface area contributed by atoms with Crippen molar-refractivity contribution >= 4 is 22.5 Å². The van der Waals surface area contributed by atoms with Crippen molar-refractivity contribution in [2.45, 2.75) is 17.9 Å². The van der Waals surface area contributed by atoms with Gasteiger partial charge in [0.05, 0.1) is 36.4 Å². The van der Waals surface area contributed by atoms with Crippen molar-refractivity contribution < 1.29 is 13.7 Å². The third kappa shape index (κ3) is 3.64. The first-order chi connectivity index (χ1) is 13.1. The van der Waals surface area contributed by atoms with Crippen LogP contribution in [0.1, 0.15) is 16.8 Å². The van der Waals surface area contributed by atoms with Gasteiger partial charge in [-0.1, -0.05) is 30.3 Å². The van der Waals surface area contributed by atoms with Gasteiger partial charge in [0.2, 0.25) is 5.91 Å². The van der Waals surface area contributed by atoms with E-state index >= 15 is 0 Å². The molecular weight excluding hydrogens is 362 g/mol. The molecule has 1 aromatic heterocycles. The molecule has 138 valence electrons. The van der Waals surface area contributed by atoms with Crippen LogP contribution in [0.25, 0.3) is 5.69 Å². The van der Waals surface area contributed by atoms with Crippen molar-refractivity contribution in [1.29, 1.82) is 0 Å². The second-order valence-corrected chi connectivity index (χ2v) is 7.78. The summed E-state index contributed by atoms with van der Waals surface area (Å²) in [4.78, 5) is 12.6. The monoisotopic (exact) mass is 381 g/mol. The molecule has 0 spiro atoms. The number of anilines is 1. The Morgan fingerprint density at radius 2 is 1.89 bits per heavy atom. The van der Waals surface area contributed by atoms with Crippen LogP contribution in [0.15, 0.2) is 54.6 Å². The van der Waals surface area contributed by atoms with E-state index in [1.54, 1.807) is 11.8 Å². The maximum absolute atomic E-state index is 12.6. The van der Waals surface area contributed by atoms with Gasteiger partial charge in [-0.05, 0) is 29.8 Å². The van der Waals surface area contributed by atoms with Gasteiger partial charge in [-0.3, -0.25) is 9.00 Å². The first kappa shape index (κ1) is 17.5. The highest BCUT2D eigenvalue weighted by Crippen LogP contribution is 2.31. The number of benzene rings is 2. The Morgan fingerprint density at radius 1 is 1.15 bits per heavy atom. The van der Waals surface area contributed by atoms with Crippen LogP contribution in [0, 0.1) is 0 Å². The average Bonchev–Trinajstić information content (AvgIpc) is 3.20. The van der Waals surface area contributed by atoms with Crippen molar-refractivity contribution in [2.75, 3.05) is 12.4 Å². The number of amides is 1. The zero-order valence-electron chi connectivity index (χ0n) is 14.8. The molecule has 6 nitrogen and oxygen atoms in total. The van der Waals surface area contributed by atoms with Crippen LogP contribution in [-0.2, 0) is 33.5 Å². The van der Waals surface area contributed by atoms with Crippen LogP contribution in [0.5, 0.6) is 5.75 Å². The SMILES string of the molecule is COc1ccc(-n2nc3c(c2NC(=O)Cc2ccccc2)CS(=O)C3)cc1. The zero-order valence-corrected chi connectivity index (χ0v) is 15.7. The summed E-state index contributed by atoms with van der Waals surface area (Å²) in [5.74, 6) is 2.04. The Morgan fingerprint density at radius 3 is 2.59 bits per heavy atom. The molecule has 4 rings (SSSR count). The molecule has 2 aromatic carbocycles. The minimum atomic E-state index is -0.968. The quantitative estimate of drug-likeness (QED) is 0.738. The molecule has 2 heterocycles. The molecule has 0 saturated carbocycles. The van der Waals surface area contributed by atoms with Gasteiger partial charge < -0.3 is 10.1 Å². The number of nitrogens with zero attached hydrogens (tertiary/aromatic N) is 2. The fraction of sp³-hybridized carbons (Fsp3) is 0.200. The summed E-state index contributed by atoms with van der Waals surface area (Å²) in [5, 5.41) is 7.58. The Hall–Kier alpha value is -2.93. The number of hydrogen-bond donors (Lipinski definition) is 1. The number of fused-ring (bicyclic) bond motifs is 1. The minimum Gasteiger partial charge on any atom is -0.497 e. The van der Waals surface area contributed by atoms with E-state index in [4.69, 9.17) is 4.74 Å². The third-order valence-corrected chi connectivity index (χ3v) is 5.66. The summed E-state index contributed by atoms with van der Waals surface area (Å²) in [7, 11) is 0.645.